The Hall–Kier alpha value is -1.26. The van der Waals surface area contributed by atoms with Crippen LogP contribution in [0.3, 0.4) is 0 Å². The summed E-state index contributed by atoms with van der Waals surface area (Å²) < 4.78 is 0. The minimum atomic E-state index is 0.425. The molecular weight excluding hydrogens is 230 g/mol. The highest BCUT2D eigenvalue weighted by Gasteiger charge is 1.96. The van der Waals surface area contributed by atoms with Gasteiger partial charge in [0, 0.05) is 5.02 Å². The number of benzene rings is 1. The lowest BCUT2D eigenvalue weighted by molar-refractivity contribution is 0.979. The molecular formula is C10H8ClN3S. The molecule has 3 nitrogen and oxygen atoms in total. The lowest BCUT2D eigenvalue weighted by atomic mass is 10.2. The van der Waals surface area contributed by atoms with E-state index in [1.54, 1.807) is 6.08 Å². The number of nitrogens with zero attached hydrogens (tertiary/aromatic N) is 2. The van der Waals surface area contributed by atoms with E-state index in [4.69, 9.17) is 11.6 Å². The number of nitrogens with one attached hydrogen (secondary N) is 1. The first kappa shape index (κ1) is 10.3. The van der Waals surface area contributed by atoms with Crippen molar-refractivity contribution in [1.29, 1.82) is 0 Å². The molecule has 0 atom stereocenters. The van der Waals surface area contributed by atoms with Gasteiger partial charge in [0.1, 0.15) is 5.82 Å². The van der Waals surface area contributed by atoms with Gasteiger partial charge in [-0.3, -0.25) is 5.10 Å². The highest BCUT2D eigenvalue weighted by molar-refractivity contribution is 7.80. The van der Waals surface area contributed by atoms with Crippen LogP contribution in [0.15, 0.2) is 29.4 Å². The molecule has 1 aromatic heterocycles. The minimum absolute atomic E-state index is 0.425. The molecule has 15 heavy (non-hydrogen) atoms. The molecule has 76 valence electrons. The lowest BCUT2D eigenvalue weighted by Gasteiger charge is -1.94. The monoisotopic (exact) mass is 237 g/mol. The molecule has 0 aliphatic heterocycles. The zero-order valence-electron chi connectivity index (χ0n) is 7.68. The number of rotatable bonds is 2. The average molecular weight is 238 g/mol. The van der Waals surface area contributed by atoms with E-state index in [-0.39, 0.29) is 0 Å². The summed E-state index contributed by atoms with van der Waals surface area (Å²) in [7, 11) is 0. The molecule has 5 heteroatoms. The average Bonchev–Trinajstić information content (AvgIpc) is 2.63. The molecule has 0 saturated heterocycles. The number of hydrogen-bond donors (Lipinski definition) is 2. The topological polar surface area (TPSA) is 41.6 Å². The second kappa shape index (κ2) is 4.51. The molecule has 1 heterocycles. The molecule has 0 bridgehead atoms. The zero-order chi connectivity index (χ0) is 10.7. The SMILES string of the molecule is Sc1n[nH]c(C=Cc2ccccc2Cl)n1. The second-order valence-corrected chi connectivity index (χ2v) is 3.68. The van der Waals surface area contributed by atoms with Crippen LogP contribution in [0.5, 0.6) is 0 Å². The van der Waals surface area contributed by atoms with Crippen molar-refractivity contribution in [2.45, 2.75) is 5.16 Å². The molecule has 1 aromatic carbocycles. The summed E-state index contributed by atoms with van der Waals surface area (Å²) in [5.41, 5.74) is 0.941. The number of H-pyrrole nitrogens is 1. The van der Waals surface area contributed by atoms with Crippen LogP contribution in [0.2, 0.25) is 5.02 Å². The van der Waals surface area contributed by atoms with Crippen LogP contribution in [0.25, 0.3) is 12.2 Å². The van der Waals surface area contributed by atoms with Gasteiger partial charge in [-0.1, -0.05) is 29.8 Å². The molecule has 0 aliphatic rings. The van der Waals surface area contributed by atoms with Crippen LogP contribution >= 0.6 is 24.2 Å². The Morgan fingerprint density at radius 3 is 2.73 bits per heavy atom. The molecule has 0 aliphatic carbocycles. The van der Waals surface area contributed by atoms with Gasteiger partial charge in [0.05, 0.1) is 0 Å². The molecule has 0 saturated carbocycles. The van der Waals surface area contributed by atoms with Gasteiger partial charge in [-0.15, -0.1) is 17.7 Å². The Morgan fingerprint density at radius 2 is 2.07 bits per heavy atom. The van der Waals surface area contributed by atoms with Crippen molar-refractivity contribution in [2.24, 2.45) is 0 Å². The molecule has 2 rings (SSSR count). The summed E-state index contributed by atoms with van der Waals surface area (Å²) in [4.78, 5) is 4.02. The Kier molecular flexibility index (Phi) is 3.08. The van der Waals surface area contributed by atoms with Gasteiger partial charge in [0.2, 0.25) is 5.16 Å². The molecule has 0 spiro atoms. The summed E-state index contributed by atoms with van der Waals surface area (Å²) in [6.07, 6.45) is 3.67. The van der Waals surface area contributed by atoms with Crippen LogP contribution < -0.4 is 0 Å². The standard InChI is InChI=1S/C10H8ClN3S/c11-8-4-2-1-3-7(8)5-6-9-12-10(15)14-13-9/h1-6H,(H2,12,13,14,15). The van der Waals surface area contributed by atoms with Crippen molar-refractivity contribution in [2.75, 3.05) is 0 Å². The van der Waals surface area contributed by atoms with Gasteiger partial charge in [0.25, 0.3) is 0 Å². The van der Waals surface area contributed by atoms with Crippen molar-refractivity contribution in [1.82, 2.24) is 15.2 Å². The highest BCUT2D eigenvalue weighted by atomic mass is 35.5. The summed E-state index contributed by atoms with van der Waals surface area (Å²) in [6, 6.07) is 7.58. The Labute approximate surface area is 97.6 Å². The molecule has 1 N–H and O–H groups in total. The van der Waals surface area contributed by atoms with E-state index in [0.717, 1.165) is 5.56 Å². The largest absolute Gasteiger partial charge is 0.259 e. The van der Waals surface area contributed by atoms with E-state index in [9.17, 15) is 0 Å². The van der Waals surface area contributed by atoms with Gasteiger partial charge < -0.3 is 0 Å². The lowest BCUT2D eigenvalue weighted by Crippen LogP contribution is -1.76. The van der Waals surface area contributed by atoms with Gasteiger partial charge in [-0.2, -0.15) is 0 Å². The predicted molar refractivity (Wildman–Crippen MR) is 64.0 cm³/mol. The smallest absolute Gasteiger partial charge is 0.205 e. The number of thiol groups is 1. The van der Waals surface area contributed by atoms with Crippen molar-refractivity contribution >= 4 is 36.4 Å². The Balaban J connectivity index is 2.22. The fourth-order valence-corrected chi connectivity index (χ4v) is 1.47. The summed E-state index contributed by atoms with van der Waals surface area (Å²) in [5.74, 6) is 0.653. The molecule has 0 fully saturated rings. The first-order valence-corrected chi connectivity index (χ1v) is 5.12. The van der Waals surface area contributed by atoms with Crippen molar-refractivity contribution in [3.63, 3.8) is 0 Å². The maximum atomic E-state index is 5.98. The Bertz CT molecular complexity index is 493. The van der Waals surface area contributed by atoms with Gasteiger partial charge in [-0.25, -0.2) is 4.98 Å². The summed E-state index contributed by atoms with van der Waals surface area (Å²) in [5, 5.41) is 7.66. The number of halogens is 1. The van der Waals surface area contributed by atoms with Crippen LogP contribution in [-0.4, -0.2) is 15.2 Å². The van der Waals surface area contributed by atoms with Crippen LogP contribution in [0.1, 0.15) is 11.4 Å². The van der Waals surface area contributed by atoms with Gasteiger partial charge in [0.15, 0.2) is 0 Å². The number of aromatic nitrogens is 3. The van der Waals surface area contributed by atoms with Crippen LogP contribution in [0.4, 0.5) is 0 Å². The van der Waals surface area contributed by atoms with Gasteiger partial charge in [-0.05, 0) is 23.8 Å². The van der Waals surface area contributed by atoms with Crippen molar-refractivity contribution < 1.29 is 0 Å². The maximum Gasteiger partial charge on any atom is 0.205 e. The van der Waals surface area contributed by atoms with Crippen LogP contribution in [-0.2, 0) is 0 Å². The van der Waals surface area contributed by atoms with E-state index in [1.165, 1.54) is 0 Å². The van der Waals surface area contributed by atoms with Crippen molar-refractivity contribution in [3.8, 4) is 0 Å². The highest BCUT2D eigenvalue weighted by Crippen LogP contribution is 2.17. The molecule has 0 radical (unpaired) electrons. The number of hydrogen-bond acceptors (Lipinski definition) is 3. The normalized spacial score (nSPS) is 11.1. The first-order valence-electron chi connectivity index (χ1n) is 4.30. The maximum absolute atomic E-state index is 5.98. The van der Waals surface area contributed by atoms with E-state index in [0.29, 0.717) is 16.0 Å². The fraction of sp³-hybridized carbons (Fsp3) is 0. The quantitative estimate of drug-likeness (QED) is 0.789. The zero-order valence-corrected chi connectivity index (χ0v) is 9.33. The minimum Gasteiger partial charge on any atom is -0.259 e. The third kappa shape index (κ3) is 2.61. The molecule has 2 aromatic rings. The molecule has 0 unspecified atom stereocenters. The number of aromatic amines is 1. The van der Waals surface area contributed by atoms with E-state index >= 15 is 0 Å². The fourth-order valence-electron chi connectivity index (χ4n) is 1.12. The van der Waals surface area contributed by atoms with E-state index in [2.05, 4.69) is 27.8 Å². The second-order valence-electron chi connectivity index (χ2n) is 2.88. The summed E-state index contributed by atoms with van der Waals surface area (Å²) in [6.45, 7) is 0. The predicted octanol–water partition coefficient (Wildman–Crippen LogP) is 2.92. The van der Waals surface area contributed by atoms with E-state index in [1.807, 2.05) is 30.3 Å². The third-order valence-corrected chi connectivity index (χ3v) is 2.36. The third-order valence-electron chi connectivity index (χ3n) is 1.82. The van der Waals surface area contributed by atoms with Crippen molar-refractivity contribution in [3.05, 3.63) is 40.7 Å². The molecule has 0 amide bonds. The summed E-state index contributed by atoms with van der Waals surface area (Å²) >= 11 is 9.98. The first-order chi connectivity index (χ1) is 7.25. The van der Waals surface area contributed by atoms with E-state index < -0.39 is 0 Å². The Morgan fingerprint density at radius 1 is 1.27 bits per heavy atom. The van der Waals surface area contributed by atoms with Crippen LogP contribution in [0, 0.1) is 0 Å². The van der Waals surface area contributed by atoms with Gasteiger partial charge >= 0.3 is 0 Å².